The van der Waals surface area contributed by atoms with E-state index in [2.05, 4.69) is 29.3 Å². The van der Waals surface area contributed by atoms with Crippen molar-refractivity contribution in [1.29, 1.82) is 0 Å². The van der Waals surface area contributed by atoms with Gasteiger partial charge in [0.15, 0.2) is 16.8 Å². The van der Waals surface area contributed by atoms with Crippen LogP contribution in [0.25, 0.3) is 0 Å². The molecule has 0 atom stereocenters. The Morgan fingerprint density at radius 2 is 1.69 bits per heavy atom. The van der Waals surface area contributed by atoms with E-state index in [9.17, 15) is 4.79 Å². The lowest BCUT2D eigenvalue weighted by atomic mass is 10.1. The lowest BCUT2D eigenvalue weighted by Gasteiger charge is -2.09. The fourth-order valence-corrected chi connectivity index (χ4v) is 3.73. The van der Waals surface area contributed by atoms with E-state index in [0.717, 1.165) is 23.7 Å². The number of aryl methyl sites for hydroxylation is 1. The Hall–Kier alpha value is -2.80. The second-order valence-electron chi connectivity index (χ2n) is 6.37. The molecule has 0 bridgehead atoms. The van der Waals surface area contributed by atoms with Crippen LogP contribution in [0.2, 0.25) is 0 Å². The highest BCUT2D eigenvalue weighted by Gasteiger charge is 2.14. The molecule has 0 aliphatic heterocycles. The molecule has 0 saturated heterocycles. The maximum atomic E-state index is 12.4. The lowest BCUT2D eigenvalue weighted by molar-refractivity contribution is 0.102. The van der Waals surface area contributed by atoms with Crippen LogP contribution in [0.5, 0.6) is 11.5 Å². The maximum absolute atomic E-state index is 12.4. The Kier molecular flexibility index (Phi) is 7.30. The second kappa shape index (κ2) is 10.1. The molecule has 1 aromatic heterocycles. The molecule has 0 saturated carbocycles. The zero-order chi connectivity index (χ0) is 20.6. The molecule has 3 rings (SSSR count). The molecule has 0 amide bonds. The maximum Gasteiger partial charge on any atom is 0.191 e. The molecule has 7 heteroatoms. The van der Waals surface area contributed by atoms with Crippen LogP contribution in [-0.2, 0) is 19.6 Å². The second-order valence-corrected chi connectivity index (χ2v) is 7.31. The van der Waals surface area contributed by atoms with Gasteiger partial charge in [-0.1, -0.05) is 30.8 Å². The van der Waals surface area contributed by atoms with Crippen molar-refractivity contribution < 1.29 is 14.3 Å². The average Bonchev–Trinajstić information content (AvgIpc) is 3.18. The SMILES string of the molecule is CCc1ccc(OCc2nnc(SCC(=O)c3ccc(OC)cc3)n2CC)cc1. The minimum absolute atomic E-state index is 0.0390. The van der Waals surface area contributed by atoms with Crippen LogP contribution < -0.4 is 9.47 Å². The number of hydrogen-bond donors (Lipinski definition) is 0. The Morgan fingerprint density at radius 1 is 1.00 bits per heavy atom. The van der Waals surface area contributed by atoms with Gasteiger partial charge in [-0.15, -0.1) is 10.2 Å². The third-order valence-electron chi connectivity index (χ3n) is 4.55. The van der Waals surface area contributed by atoms with Crippen LogP contribution in [0.15, 0.2) is 53.7 Å². The number of aromatic nitrogens is 3. The Bertz CT molecular complexity index is 937. The van der Waals surface area contributed by atoms with Crippen molar-refractivity contribution in [2.24, 2.45) is 0 Å². The number of methoxy groups -OCH3 is 1. The molecule has 3 aromatic rings. The third kappa shape index (κ3) is 5.38. The quantitative estimate of drug-likeness (QED) is 0.363. The molecule has 0 radical (unpaired) electrons. The predicted octanol–water partition coefficient (Wildman–Crippen LogP) is 4.42. The highest BCUT2D eigenvalue weighted by Crippen LogP contribution is 2.21. The van der Waals surface area contributed by atoms with Crippen molar-refractivity contribution in [1.82, 2.24) is 14.8 Å². The largest absolute Gasteiger partial charge is 0.497 e. The molecule has 1 heterocycles. The summed E-state index contributed by atoms with van der Waals surface area (Å²) >= 11 is 1.38. The molecule has 2 aromatic carbocycles. The van der Waals surface area contributed by atoms with Crippen molar-refractivity contribution in [2.45, 2.75) is 38.6 Å². The molecule has 0 spiro atoms. The normalized spacial score (nSPS) is 10.7. The monoisotopic (exact) mass is 411 g/mol. The van der Waals surface area contributed by atoms with Crippen LogP contribution in [0, 0.1) is 0 Å². The van der Waals surface area contributed by atoms with Crippen LogP contribution >= 0.6 is 11.8 Å². The summed E-state index contributed by atoms with van der Waals surface area (Å²) in [5, 5.41) is 9.21. The van der Waals surface area contributed by atoms with Crippen molar-refractivity contribution in [2.75, 3.05) is 12.9 Å². The van der Waals surface area contributed by atoms with E-state index in [-0.39, 0.29) is 5.78 Å². The summed E-state index contributed by atoms with van der Waals surface area (Å²) in [6, 6.07) is 15.2. The number of Topliss-reactive ketones (excluding diaryl/α,β-unsaturated/α-hetero) is 1. The van der Waals surface area contributed by atoms with Gasteiger partial charge in [0, 0.05) is 12.1 Å². The molecule has 0 N–H and O–H groups in total. The number of benzene rings is 2. The summed E-state index contributed by atoms with van der Waals surface area (Å²) in [6.07, 6.45) is 1.00. The standard InChI is InChI=1S/C22H25N3O3S/c1-4-16-6-10-19(11-7-16)28-14-21-23-24-22(25(21)5-2)29-15-20(26)17-8-12-18(27-3)13-9-17/h6-13H,4-5,14-15H2,1-3H3. The average molecular weight is 412 g/mol. The van der Waals surface area contributed by atoms with E-state index in [0.29, 0.717) is 29.6 Å². The fourth-order valence-electron chi connectivity index (χ4n) is 2.81. The van der Waals surface area contributed by atoms with Gasteiger partial charge in [0.25, 0.3) is 0 Å². The van der Waals surface area contributed by atoms with Gasteiger partial charge < -0.3 is 14.0 Å². The molecule has 0 fully saturated rings. The van der Waals surface area contributed by atoms with Gasteiger partial charge in [-0.05, 0) is 55.3 Å². The van der Waals surface area contributed by atoms with Crippen LogP contribution in [0.1, 0.15) is 35.6 Å². The van der Waals surface area contributed by atoms with Crippen LogP contribution in [0.3, 0.4) is 0 Å². The molecular weight excluding hydrogens is 386 g/mol. The number of carbonyl (C=O) groups is 1. The molecule has 6 nitrogen and oxygen atoms in total. The first kappa shape index (κ1) is 20.9. The first-order valence-electron chi connectivity index (χ1n) is 9.58. The van der Waals surface area contributed by atoms with Crippen LogP contribution in [0.4, 0.5) is 0 Å². The van der Waals surface area contributed by atoms with Gasteiger partial charge in [0.05, 0.1) is 12.9 Å². The number of ketones is 1. The minimum Gasteiger partial charge on any atom is -0.497 e. The summed E-state index contributed by atoms with van der Waals surface area (Å²) in [4.78, 5) is 12.4. The van der Waals surface area contributed by atoms with Gasteiger partial charge in [-0.25, -0.2) is 0 Å². The van der Waals surface area contributed by atoms with E-state index in [1.807, 2.05) is 23.6 Å². The third-order valence-corrected chi connectivity index (χ3v) is 5.52. The number of ether oxygens (including phenoxy) is 2. The highest BCUT2D eigenvalue weighted by molar-refractivity contribution is 7.99. The number of thioether (sulfide) groups is 1. The lowest BCUT2D eigenvalue weighted by Crippen LogP contribution is -2.08. The van der Waals surface area contributed by atoms with Crippen molar-refractivity contribution in [3.05, 3.63) is 65.5 Å². The highest BCUT2D eigenvalue weighted by atomic mass is 32.2. The molecular formula is C22H25N3O3S. The number of rotatable bonds is 10. The molecule has 0 aliphatic carbocycles. The van der Waals surface area contributed by atoms with E-state index in [4.69, 9.17) is 9.47 Å². The summed E-state index contributed by atoms with van der Waals surface area (Å²) < 4.78 is 13.0. The number of carbonyl (C=O) groups excluding carboxylic acids is 1. The van der Waals surface area contributed by atoms with Gasteiger partial charge in [0.1, 0.15) is 18.1 Å². The zero-order valence-corrected chi connectivity index (χ0v) is 17.7. The molecule has 29 heavy (non-hydrogen) atoms. The smallest absolute Gasteiger partial charge is 0.191 e. The number of hydrogen-bond acceptors (Lipinski definition) is 6. The first-order valence-corrected chi connectivity index (χ1v) is 10.6. The summed E-state index contributed by atoms with van der Waals surface area (Å²) in [5.41, 5.74) is 1.93. The van der Waals surface area contributed by atoms with Gasteiger partial charge in [-0.3, -0.25) is 4.79 Å². The molecule has 0 aliphatic rings. The van der Waals surface area contributed by atoms with Gasteiger partial charge in [-0.2, -0.15) is 0 Å². The van der Waals surface area contributed by atoms with E-state index in [1.54, 1.807) is 31.4 Å². The van der Waals surface area contributed by atoms with E-state index in [1.165, 1.54) is 17.3 Å². The van der Waals surface area contributed by atoms with E-state index >= 15 is 0 Å². The van der Waals surface area contributed by atoms with E-state index < -0.39 is 0 Å². The van der Waals surface area contributed by atoms with Crippen molar-refractivity contribution in [3.8, 4) is 11.5 Å². The molecule has 152 valence electrons. The Morgan fingerprint density at radius 3 is 2.31 bits per heavy atom. The summed E-state index contributed by atoms with van der Waals surface area (Å²) in [6.45, 7) is 5.19. The van der Waals surface area contributed by atoms with Crippen molar-refractivity contribution in [3.63, 3.8) is 0 Å². The number of nitrogens with zero attached hydrogens (tertiary/aromatic N) is 3. The van der Waals surface area contributed by atoms with Gasteiger partial charge in [0.2, 0.25) is 0 Å². The summed E-state index contributed by atoms with van der Waals surface area (Å²) in [5.74, 6) is 2.61. The zero-order valence-electron chi connectivity index (χ0n) is 16.9. The Balaban J connectivity index is 1.60. The topological polar surface area (TPSA) is 66.2 Å². The predicted molar refractivity (Wildman–Crippen MR) is 114 cm³/mol. The van der Waals surface area contributed by atoms with Gasteiger partial charge >= 0.3 is 0 Å². The fraction of sp³-hybridized carbons (Fsp3) is 0.318. The Labute approximate surface area is 175 Å². The first-order chi connectivity index (χ1) is 14.1. The minimum atomic E-state index is 0.0390. The summed E-state index contributed by atoms with van der Waals surface area (Å²) in [7, 11) is 1.60. The van der Waals surface area contributed by atoms with Crippen LogP contribution in [-0.4, -0.2) is 33.4 Å². The molecule has 0 unspecified atom stereocenters. The van der Waals surface area contributed by atoms with Crippen molar-refractivity contribution >= 4 is 17.5 Å².